The number of benzene rings is 1. The minimum atomic E-state index is -0.0622. The van der Waals surface area contributed by atoms with E-state index in [0.29, 0.717) is 23.7 Å². The Labute approximate surface area is 167 Å². The summed E-state index contributed by atoms with van der Waals surface area (Å²) in [6.45, 7) is 5.23. The van der Waals surface area contributed by atoms with Crippen LogP contribution in [0.5, 0.6) is 0 Å². The molecule has 152 valence electrons. The maximum atomic E-state index is 12.8. The monoisotopic (exact) mass is 385 g/mol. The van der Waals surface area contributed by atoms with Gasteiger partial charge in [-0.3, -0.25) is 19.3 Å². The Morgan fingerprint density at radius 3 is 2.11 bits per heavy atom. The van der Waals surface area contributed by atoms with Gasteiger partial charge >= 0.3 is 0 Å². The first-order chi connectivity index (χ1) is 13.5. The van der Waals surface area contributed by atoms with Crippen LogP contribution in [0.25, 0.3) is 0 Å². The second-order valence-electron chi connectivity index (χ2n) is 7.97. The van der Waals surface area contributed by atoms with E-state index in [0.717, 1.165) is 51.9 Å². The number of ketones is 1. The fourth-order valence-corrected chi connectivity index (χ4v) is 4.08. The molecule has 2 fully saturated rings. The summed E-state index contributed by atoms with van der Waals surface area (Å²) in [5.41, 5.74) is 1.33. The molecule has 3 rings (SSSR count). The van der Waals surface area contributed by atoms with Crippen LogP contribution in [0.4, 0.5) is 5.69 Å². The zero-order chi connectivity index (χ0) is 19.9. The first kappa shape index (κ1) is 20.5. The predicted octanol–water partition coefficient (Wildman–Crippen LogP) is 2.94. The molecule has 2 aliphatic rings. The van der Waals surface area contributed by atoms with E-state index < -0.39 is 0 Å². The third kappa shape index (κ3) is 5.64. The molecule has 0 aromatic heterocycles. The van der Waals surface area contributed by atoms with Gasteiger partial charge in [0.05, 0.1) is 6.54 Å². The molecule has 6 nitrogen and oxygen atoms in total. The van der Waals surface area contributed by atoms with E-state index in [1.165, 1.54) is 19.8 Å². The van der Waals surface area contributed by atoms with Crippen molar-refractivity contribution < 1.29 is 14.4 Å². The van der Waals surface area contributed by atoms with Crippen LogP contribution in [0.3, 0.4) is 0 Å². The van der Waals surface area contributed by atoms with Crippen LogP contribution in [0, 0.1) is 5.92 Å². The van der Waals surface area contributed by atoms with Crippen molar-refractivity contribution in [2.24, 2.45) is 5.92 Å². The summed E-state index contributed by atoms with van der Waals surface area (Å²) in [4.78, 5) is 40.6. The molecule has 0 atom stereocenters. The lowest BCUT2D eigenvalue weighted by molar-refractivity contribution is -0.137. The third-order valence-corrected chi connectivity index (χ3v) is 5.80. The summed E-state index contributed by atoms with van der Waals surface area (Å²) in [7, 11) is 0. The van der Waals surface area contributed by atoms with Crippen molar-refractivity contribution in [3.05, 3.63) is 29.8 Å². The SMILES string of the molecule is CC(=O)c1ccc(NC(=O)CN2CCC(C(=O)N3CCCCCC3)CC2)cc1. The quantitative estimate of drug-likeness (QED) is 0.791. The molecule has 0 unspecified atom stereocenters. The molecule has 0 spiro atoms. The van der Waals surface area contributed by atoms with Crippen LogP contribution in [0.15, 0.2) is 24.3 Å². The van der Waals surface area contributed by atoms with Crippen LogP contribution in [-0.2, 0) is 9.59 Å². The van der Waals surface area contributed by atoms with Crippen molar-refractivity contribution in [2.45, 2.75) is 45.4 Å². The van der Waals surface area contributed by atoms with Crippen molar-refractivity contribution in [3.63, 3.8) is 0 Å². The number of hydrogen-bond donors (Lipinski definition) is 1. The van der Waals surface area contributed by atoms with E-state index in [1.54, 1.807) is 24.3 Å². The number of anilines is 1. The number of rotatable bonds is 5. The molecule has 0 saturated carbocycles. The van der Waals surface area contributed by atoms with Gasteiger partial charge in [0.2, 0.25) is 11.8 Å². The fourth-order valence-electron chi connectivity index (χ4n) is 4.08. The molecule has 6 heteroatoms. The zero-order valence-electron chi connectivity index (χ0n) is 16.8. The lowest BCUT2D eigenvalue weighted by Crippen LogP contribution is -2.44. The molecule has 2 heterocycles. The number of amides is 2. The van der Waals surface area contributed by atoms with E-state index in [-0.39, 0.29) is 17.6 Å². The van der Waals surface area contributed by atoms with Gasteiger partial charge in [0, 0.05) is 30.3 Å². The topological polar surface area (TPSA) is 69.7 Å². The molecular weight excluding hydrogens is 354 g/mol. The van der Waals surface area contributed by atoms with Gasteiger partial charge in [0.15, 0.2) is 5.78 Å². The van der Waals surface area contributed by atoms with Crippen LogP contribution >= 0.6 is 0 Å². The summed E-state index contributed by atoms with van der Waals surface area (Å²) in [6.07, 6.45) is 6.37. The Morgan fingerprint density at radius 2 is 1.54 bits per heavy atom. The van der Waals surface area contributed by atoms with Gasteiger partial charge in [0.1, 0.15) is 0 Å². The highest BCUT2D eigenvalue weighted by Crippen LogP contribution is 2.22. The maximum Gasteiger partial charge on any atom is 0.238 e. The summed E-state index contributed by atoms with van der Waals surface area (Å²) in [5, 5.41) is 2.88. The number of nitrogens with zero attached hydrogens (tertiary/aromatic N) is 2. The van der Waals surface area contributed by atoms with E-state index in [2.05, 4.69) is 15.1 Å². The van der Waals surface area contributed by atoms with Gasteiger partial charge in [-0.1, -0.05) is 12.8 Å². The van der Waals surface area contributed by atoms with Gasteiger partial charge in [-0.15, -0.1) is 0 Å². The maximum absolute atomic E-state index is 12.8. The first-order valence-corrected chi connectivity index (χ1v) is 10.4. The average Bonchev–Trinajstić information content (AvgIpc) is 2.98. The molecule has 1 N–H and O–H groups in total. The van der Waals surface area contributed by atoms with Gasteiger partial charge < -0.3 is 10.2 Å². The largest absolute Gasteiger partial charge is 0.342 e. The van der Waals surface area contributed by atoms with Gasteiger partial charge in [-0.25, -0.2) is 0 Å². The van der Waals surface area contributed by atoms with E-state index in [9.17, 15) is 14.4 Å². The molecule has 28 heavy (non-hydrogen) atoms. The Hall–Kier alpha value is -2.21. The highest BCUT2D eigenvalue weighted by molar-refractivity contribution is 5.96. The lowest BCUT2D eigenvalue weighted by Gasteiger charge is -2.33. The van der Waals surface area contributed by atoms with E-state index in [1.807, 2.05) is 0 Å². The van der Waals surface area contributed by atoms with Crippen LogP contribution < -0.4 is 5.32 Å². The fraction of sp³-hybridized carbons (Fsp3) is 0.591. The number of piperidine rings is 1. The molecule has 2 saturated heterocycles. The molecule has 0 radical (unpaired) electrons. The number of likely N-dealkylation sites (tertiary alicyclic amines) is 2. The average molecular weight is 386 g/mol. The van der Waals surface area contributed by atoms with Gasteiger partial charge in [-0.2, -0.15) is 0 Å². The second kappa shape index (κ2) is 9.82. The minimum Gasteiger partial charge on any atom is -0.342 e. The van der Waals surface area contributed by atoms with Crippen molar-refractivity contribution in [1.82, 2.24) is 9.80 Å². The molecular formula is C22H31N3O3. The highest BCUT2D eigenvalue weighted by atomic mass is 16.2. The Bertz CT molecular complexity index is 685. The Kier molecular flexibility index (Phi) is 7.20. The van der Waals surface area contributed by atoms with E-state index >= 15 is 0 Å². The lowest BCUT2D eigenvalue weighted by atomic mass is 9.95. The van der Waals surface area contributed by atoms with Crippen molar-refractivity contribution >= 4 is 23.3 Å². The first-order valence-electron chi connectivity index (χ1n) is 10.4. The number of nitrogens with one attached hydrogen (secondary N) is 1. The molecule has 2 aliphatic heterocycles. The number of Topliss-reactive ketones (excluding diaryl/α,β-unsaturated/α-hetero) is 1. The normalized spacial score (nSPS) is 19.1. The summed E-state index contributed by atoms with van der Waals surface area (Å²) in [5.74, 6) is 0.372. The van der Waals surface area contributed by atoms with Crippen molar-refractivity contribution in [1.29, 1.82) is 0 Å². The summed E-state index contributed by atoms with van der Waals surface area (Å²) >= 11 is 0. The molecule has 2 amide bonds. The van der Waals surface area contributed by atoms with Crippen LogP contribution in [0.1, 0.15) is 55.8 Å². The van der Waals surface area contributed by atoms with Crippen molar-refractivity contribution in [3.8, 4) is 0 Å². The van der Waals surface area contributed by atoms with Gasteiger partial charge in [-0.05, 0) is 70.0 Å². The molecule has 0 bridgehead atoms. The summed E-state index contributed by atoms with van der Waals surface area (Å²) < 4.78 is 0. The molecule has 1 aromatic rings. The number of hydrogen-bond acceptors (Lipinski definition) is 4. The van der Waals surface area contributed by atoms with Crippen LogP contribution in [-0.4, -0.2) is 60.1 Å². The molecule has 0 aliphatic carbocycles. The van der Waals surface area contributed by atoms with Crippen LogP contribution in [0.2, 0.25) is 0 Å². The third-order valence-electron chi connectivity index (χ3n) is 5.80. The zero-order valence-corrected chi connectivity index (χ0v) is 16.8. The summed E-state index contributed by atoms with van der Waals surface area (Å²) in [6, 6.07) is 6.94. The highest BCUT2D eigenvalue weighted by Gasteiger charge is 2.29. The van der Waals surface area contributed by atoms with E-state index in [4.69, 9.17) is 0 Å². The standard InChI is InChI=1S/C22H31N3O3/c1-17(26)18-6-8-20(9-7-18)23-21(27)16-24-14-10-19(11-15-24)22(28)25-12-4-2-3-5-13-25/h6-9,19H,2-5,10-16H2,1H3,(H,23,27). The smallest absolute Gasteiger partial charge is 0.238 e. The van der Waals surface area contributed by atoms with Crippen molar-refractivity contribution in [2.75, 3.05) is 38.0 Å². The second-order valence-corrected chi connectivity index (χ2v) is 7.97. The molecule has 1 aromatic carbocycles. The number of carbonyl (C=O) groups excluding carboxylic acids is 3. The Morgan fingerprint density at radius 1 is 0.929 bits per heavy atom. The van der Waals surface area contributed by atoms with Gasteiger partial charge in [0.25, 0.3) is 0 Å². The number of carbonyl (C=O) groups is 3. The Balaban J connectivity index is 1.42. The minimum absolute atomic E-state index is 0.00970. The predicted molar refractivity (Wildman–Crippen MR) is 109 cm³/mol.